The van der Waals surface area contributed by atoms with E-state index < -0.39 is 0 Å². The maximum Gasteiger partial charge on any atom is 0.129 e. The fourth-order valence-corrected chi connectivity index (χ4v) is 0.340. The van der Waals surface area contributed by atoms with E-state index in [9.17, 15) is 0 Å². The molecule has 0 unspecified atom stereocenters. The van der Waals surface area contributed by atoms with Gasteiger partial charge in [-0.3, -0.25) is 0 Å². The Hall–Kier alpha value is -0.570. The molecular weight excluding hydrogens is 116 g/mol. The highest BCUT2D eigenvalue weighted by Gasteiger charge is 1.75. The topological polar surface area (TPSA) is 47.6 Å². The van der Waals surface area contributed by atoms with Crippen LogP contribution in [0.2, 0.25) is 0 Å². The molecule has 2 N–H and O–H groups in total. The Morgan fingerprint density at radius 2 is 2.44 bits per heavy atom. The summed E-state index contributed by atoms with van der Waals surface area (Å²) in [6.07, 6.45) is 3.84. The average Bonchev–Trinajstić information content (AvgIpc) is 1.89. The first kappa shape index (κ1) is 8.43. The molecule has 3 heteroatoms. The van der Waals surface area contributed by atoms with E-state index in [1.54, 1.807) is 6.21 Å². The van der Waals surface area contributed by atoms with Crippen molar-refractivity contribution in [3.05, 3.63) is 0 Å². The molecule has 0 rings (SSSR count). The quantitative estimate of drug-likeness (QED) is 0.339. The lowest BCUT2D eigenvalue weighted by Crippen LogP contribution is -2.05. The smallest absolute Gasteiger partial charge is 0.129 e. The van der Waals surface area contributed by atoms with Gasteiger partial charge in [-0.05, 0) is 6.42 Å². The lowest BCUT2D eigenvalue weighted by molar-refractivity contribution is 0.153. The van der Waals surface area contributed by atoms with Crippen molar-refractivity contribution in [2.75, 3.05) is 13.2 Å². The minimum Gasteiger partial charge on any atom is -0.395 e. The molecule has 0 heterocycles. The molecule has 0 bridgehead atoms. The second-order valence-electron chi connectivity index (χ2n) is 1.70. The van der Waals surface area contributed by atoms with E-state index >= 15 is 0 Å². The van der Waals surface area contributed by atoms with Gasteiger partial charge in [0.05, 0.1) is 0 Å². The highest BCUT2D eigenvalue weighted by Crippen LogP contribution is 1.81. The standard InChI is InChI=1S/C6H14N2O/c1-2-3-5-8-9-6-4-7/h5H,2-4,6-7H2,1H3. The van der Waals surface area contributed by atoms with Crippen molar-refractivity contribution >= 4 is 6.21 Å². The zero-order chi connectivity index (χ0) is 6.95. The molecule has 0 saturated heterocycles. The van der Waals surface area contributed by atoms with Gasteiger partial charge >= 0.3 is 0 Å². The maximum absolute atomic E-state index is 5.14. The summed E-state index contributed by atoms with van der Waals surface area (Å²) in [5.41, 5.74) is 5.14. The van der Waals surface area contributed by atoms with E-state index in [1.165, 1.54) is 0 Å². The fourth-order valence-electron chi connectivity index (χ4n) is 0.340. The Morgan fingerprint density at radius 1 is 1.67 bits per heavy atom. The summed E-state index contributed by atoms with van der Waals surface area (Å²) in [7, 11) is 0. The molecule has 54 valence electrons. The van der Waals surface area contributed by atoms with Crippen molar-refractivity contribution < 1.29 is 4.84 Å². The van der Waals surface area contributed by atoms with Crippen LogP contribution in [-0.4, -0.2) is 19.4 Å². The zero-order valence-electron chi connectivity index (χ0n) is 5.84. The van der Waals surface area contributed by atoms with E-state index in [4.69, 9.17) is 10.6 Å². The summed E-state index contributed by atoms with van der Waals surface area (Å²) in [6, 6.07) is 0. The van der Waals surface area contributed by atoms with E-state index in [0.29, 0.717) is 13.2 Å². The molecule has 0 aliphatic rings. The average molecular weight is 130 g/mol. The Morgan fingerprint density at radius 3 is 3.00 bits per heavy atom. The molecule has 0 spiro atoms. The molecule has 0 aromatic carbocycles. The number of rotatable bonds is 5. The third-order valence-electron chi connectivity index (χ3n) is 0.776. The van der Waals surface area contributed by atoms with Crippen LogP contribution in [-0.2, 0) is 4.84 Å². The van der Waals surface area contributed by atoms with Gasteiger partial charge in [-0.1, -0.05) is 18.5 Å². The molecule has 0 fully saturated rings. The van der Waals surface area contributed by atoms with E-state index in [0.717, 1.165) is 12.8 Å². The van der Waals surface area contributed by atoms with Gasteiger partial charge in [0, 0.05) is 12.8 Å². The third kappa shape index (κ3) is 7.43. The molecule has 0 amide bonds. The molecule has 0 aromatic heterocycles. The van der Waals surface area contributed by atoms with E-state index in [1.807, 2.05) is 0 Å². The molecule has 0 aliphatic carbocycles. The largest absolute Gasteiger partial charge is 0.395 e. The molecular formula is C6H14N2O. The van der Waals surface area contributed by atoms with Crippen LogP contribution in [0.5, 0.6) is 0 Å². The van der Waals surface area contributed by atoms with Crippen LogP contribution in [0, 0.1) is 0 Å². The summed E-state index contributed by atoms with van der Waals surface area (Å²) >= 11 is 0. The van der Waals surface area contributed by atoms with Crippen LogP contribution in [0.3, 0.4) is 0 Å². The highest BCUT2D eigenvalue weighted by atomic mass is 16.6. The highest BCUT2D eigenvalue weighted by molar-refractivity contribution is 5.55. The lowest BCUT2D eigenvalue weighted by atomic mass is 10.4. The van der Waals surface area contributed by atoms with Gasteiger partial charge in [0.25, 0.3) is 0 Å². The van der Waals surface area contributed by atoms with E-state index in [2.05, 4.69) is 12.1 Å². The SMILES string of the molecule is CCCC=NOCCN. The number of nitrogens with two attached hydrogens (primary N) is 1. The Bertz CT molecular complexity index is 73.5. The molecule has 0 radical (unpaired) electrons. The second-order valence-corrected chi connectivity index (χ2v) is 1.70. The molecule has 9 heavy (non-hydrogen) atoms. The predicted octanol–water partition coefficient (Wildman–Crippen LogP) is 0.748. The first-order valence-corrected chi connectivity index (χ1v) is 3.25. The summed E-state index contributed by atoms with van der Waals surface area (Å²) in [6.45, 7) is 3.14. The second kappa shape index (κ2) is 7.43. The van der Waals surface area contributed by atoms with Crippen LogP contribution < -0.4 is 5.73 Å². The van der Waals surface area contributed by atoms with Crippen molar-refractivity contribution in [2.24, 2.45) is 10.9 Å². The van der Waals surface area contributed by atoms with Crippen LogP contribution >= 0.6 is 0 Å². The van der Waals surface area contributed by atoms with Crippen molar-refractivity contribution in [1.29, 1.82) is 0 Å². The molecule has 0 aliphatic heterocycles. The van der Waals surface area contributed by atoms with Gasteiger partial charge in [-0.15, -0.1) is 0 Å². The van der Waals surface area contributed by atoms with Gasteiger partial charge < -0.3 is 10.6 Å². The summed E-state index contributed by atoms with van der Waals surface area (Å²) in [5.74, 6) is 0. The van der Waals surface area contributed by atoms with Gasteiger partial charge in [-0.2, -0.15) is 0 Å². The predicted molar refractivity (Wildman–Crippen MR) is 38.4 cm³/mol. The Labute approximate surface area is 55.9 Å². The minimum atomic E-state index is 0.514. The van der Waals surface area contributed by atoms with Crippen molar-refractivity contribution in [3.8, 4) is 0 Å². The van der Waals surface area contributed by atoms with Crippen LogP contribution in [0.15, 0.2) is 5.16 Å². The molecule has 0 atom stereocenters. The van der Waals surface area contributed by atoms with Crippen molar-refractivity contribution in [2.45, 2.75) is 19.8 Å². The Balaban J connectivity index is 2.86. The summed E-state index contributed by atoms with van der Waals surface area (Å²) in [4.78, 5) is 4.73. The number of hydrogen-bond donors (Lipinski definition) is 1. The molecule has 0 aromatic rings. The molecule has 0 saturated carbocycles. The zero-order valence-corrected chi connectivity index (χ0v) is 5.84. The first-order valence-electron chi connectivity index (χ1n) is 3.25. The number of nitrogens with zero attached hydrogens (tertiary/aromatic N) is 1. The van der Waals surface area contributed by atoms with Crippen LogP contribution in [0.25, 0.3) is 0 Å². The van der Waals surface area contributed by atoms with Gasteiger partial charge in [0.2, 0.25) is 0 Å². The normalized spacial score (nSPS) is 10.4. The monoisotopic (exact) mass is 130 g/mol. The van der Waals surface area contributed by atoms with Gasteiger partial charge in [-0.25, -0.2) is 0 Å². The molecule has 3 nitrogen and oxygen atoms in total. The van der Waals surface area contributed by atoms with Gasteiger partial charge in [0.15, 0.2) is 0 Å². The summed E-state index contributed by atoms with van der Waals surface area (Å²) in [5, 5.41) is 3.65. The van der Waals surface area contributed by atoms with Crippen LogP contribution in [0.4, 0.5) is 0 Å². The van der Waals surface area contributed by atoms with Crippen LogP contribution in [0.1, 0.15) is 19.8 Å². The fraction of sp³-hybridized carbons (Fsp3) is 0.833. The number of oxime groups is 1. The van der Waals surface area contributed by atoms with Crippen molar-refractivity contribution in [1.82, 2.24) is 0 Å². The van der Waals surface area contributed by atoms with E-state index in [-0.39, 0.29) is 0 Å². The van der Waals surface area contributed by atoms with Gasteiger partial charge in [0.1, 0.15) is 6.61 Å². The van der Waals surface area contributed by atoms with Crippen molar-refractivity contribution in [3.63, 3.8) is 0 Å². The Kier molecular flexibility index (Phi) is 6.96. The lowest BCUT2D eigenvalue weighted by Gasteiger charge is -1.91. The first-order chi connectivity index (χ1) is 4.41. The number of unbranched alkanes of at least 4 members (excludes halogenated alkanes) is 1. The number of hydrogen-bond acceptors (Lipinski definition) is 3. The minimum absolute atomic E-state index is 0.514. The maximum atomic E-state index is 5.14. The third-order valence-corrected chi connectivity index (χ3v) is 0.776. The summed E-state index contributed by atoms with van der Waals surface area (Å²) < 4.78 is 0.